The monoisotopic (exact) mass is 497 g/mol. The van der Waals surface area contributed by atoms with Crippen molar-refractivity contribution in [2.45, 2.75) is 25.9 Å². The number of aliphatic hydroxyl groups is 1. The van der Waals surface area contributed by atoms with Gasteiger partial charge in [-0.1, -0.05) is 12.1 Å². The summed E-state index contributed by atoms with van der Waals surface area (Å²) < 4.78 is 39.6. The molecule has 0 amide bonds. The Labute approximate surface area is 200 Å². The molecule has 1 fully saturated rings. The van der Waals surface area contributed by atoms with Crippen LogP contribution in [-0.2, 0) is 4.79 Å². The summed E-state index contributed by atoms with van der Waals surface area (Å²) in [4.78, 5) is 24.4. The molecule has 3 rings (SSSR count). The average Bonchev–Trinajstić information content (AvgIpc) is 2.78. The molecule has 34 heavy (non-hydrogen) atoms. The first-order valence-corrected chi connectivity index (χ1v) is 10.8. The first-order valence-electron chi connectivity index (χ1n) is 10.4. The van der Waals surface area contributed by atoms with Gasteiger partial charge in [-0.3, -0.25) is 4.79 Å². The maximum Gasteiger partial charge on any atom is 0.332 e. The molecule has 1 aliphatic heterocycles. The van der Waals surface area contributed by atoms with Gasteiger partial charge in [-0.25, -0.2) is 18.0 Å². The van der Waals surface area contributed by atoms with Gasteiger partial charge in [-0.05, 0) is 64.3 Å². The summed E-state index contributed by atoms with van der Waals surface area (Å²) in [6, 6.07) is 8.54. The van der Waals surface area contributed by atoms with Gasteiger partial charge in [0.15, 0.2) is 28.3 Å². The highest BCUT2D eigenvalue weighted by molar-refractivity contribution is 7.80. The number of carboxylic acid groups (broad SMARTS) is 1. The number of nitrogens with zero attached hydrogens (tertiary/aromatic N) is 1. The van der Waals surface area contributed by atoms with Gasteiger partial charge < -0.3 is 25.7 Å². The minimum absolute atomic E-state index is 0.00157. The number of hydrogen-bond acceptors (Lipinski definition) is 5. The van der Waals surface area contributed by atoms with Crippen LogP contribution in [-0.4, -0.2) is 58.2 Å². The van der Waals surface area contributed by atoms with E-state index in [1.807, 2.05) is 7.05 Å². The van der Waals surface area contributed by atoms with E-state index in [0.29, 0.717) is 11.3 Å². The topological polar surface area (TPSA) is 102 Å². The quantitative estimate of drug-likeness (QED) is 0.280. The standard InChI is InChI=1S/C20H20F3N3OS.C3H6O3/c1-26-7-5-12(6-8-26)19(27)13-3-2-4-14(9-13)24-20(28)25-15-10-16(21)18(23)17(22)11-15;1-2(4)3(5)6/h2-4,9-12H,5-8H2,1H3,(H2,24,25,28);2,4H,1H3,(H,5,6). The van der Waals surface area contributed by atoms with Crippen LogP contribution in [0, 0.1) is 23.4 Å². The van der Waals surface area contributed by atoms with Gasteiger partial charge >= 0.3 is 5.97 Å². The third kappa shape index (κ3) is 8.08. The number of hydrogen-bond donors (Lipinski definition) is 4. The molecule has 1 aliphatic rings. The van der Waals surface area contributed by atoms with E-state index < -0.39 is 29.5 Å². The molecule has 0 aliphatic carbocycles. The van der Waals surface area contributed by atoms with Crippen LogP contribution in [0.2, 0.25) is 0 Å². The molecule has 0 radical (unpaired) electrons. The number of rotatable bonds is 5. The van der Waals surface area contributed by atoms with Crippen LogP contribution in [0.25, 0.3) is 0 Å². The molecular weight excluding hydrogens is 471 g/mol. The zero-order chi connectivity index (χ0) is 25.4. The second-order valence-corrected chi connectivity index (χ2v) is 8.28. The molecular formula is C23H26F3N3O4S. The number of ketones is 1. The van der Waals surface area contributed by atoms with Crippen LogP contribution >= 0.6 is 12.2 Å². The maximum absolute atomic E-state index is 13.3. The summed E-state index contributed by atoms with van der Waals surface area (Å²) in [5, 5.41) is 21.3. The Balaban J connectivity index is 0.000000604. The lowest BCUT2D eigenvalue weighted by Crippen LogP contribution is -2.33. The molecule has 7 nitrogen and oxygen atoms in total. The highest BCUT2D eigenvalue weighted by atomic mass is 32.1. The fourth-order valence-electron chi connectivity index (χ4n) is 3.18. The second-order valence-electron chi connectivity index (χ2n) is 7.87. The predicted molar refractivity (Wildman–Crippen MR) is 126 cm³/mol. The lowest BCUT2D eigenvalue weighted by Gasteiger charge is -2.28. The first kappa shape index (κ1) is 27.2. The van der Waals surface area contributed by atoms with Gasteiger partial charge in [-0.15, -0.1) is 0 Å². The van der Waals surface area contributed by atoms with Crippen molar-refractivity contribution in [2.75, 3.05) is 30.8 Å². The minimum atomic E-state index is -1.54. The molecule has 4 N–H and O–H groups in total. The van der Waals surface area contributed by atoms with Crippen molar-refractivity contribution >= 4 is 40.5 Å². The van der Waals surface area contributed by atoms with Crippen molar-refractivity contribution in [1.82, 2.24) is 4.90 Å². The third-order valence-corrected chi connectivity index (χ3v) is 5.30. The Morgan fingerprint density at radius 1 is 1.06 bits per heavy atom. The fourth-order valence-corrected chi connectivity index (χ4v) is 3.41. The van der Waals surface area contributed by atoms with Crippen LogP contribution < -0.4 is 10.6 Å². The van der Waals surface area contributed by atoms with E-state index in [1.54, 1.807) is 24.3 Å². The Bertz CT molecular complexity index is 1020. The second kappa shape index (κ2) is 12.4. The van der Waals surface area contributed by atoms with Gasteiger partial charge in [0.25, 0.3) is 0 Å². The maximum atomic E-state index is 13.3. The zero-order valence-corrected chi connectivity index (χ0v) is 19.5. The molecule has 2 aromatic carbocycles. The number of likely N-dealkylation sites (tertiary alicyclic amines) is 1. The number of aliphatic hydroxyl groups excluding tert-OH is 1. The first-order chi connectivity index (χ1) is 16.0. The van der Waals surface area contributed by atoms with Crippen molar-refractivity contribution in [2.24, 2.45) is 5.92 Å². The molecule has 1 saturated heterocycles. The Kier molecular flexibility index (Phi) is 9.97. The molecule has 0 bridgehead atoms. The van der Waals surface area contributed by atoms with E-state index in [4.69, 9.17) is 22.4 Å². The van der Waals surface area contributed by atoms with E-state index >= 15 is 0 Å². The number of nitrogens with one attached hydrogen (secondary N) is 2. The van der Waals surface area contributed by atoms with Crippen LogP contribution in [0.4, 0.5) is 24.5 Å². The molecule has 0 aromatic heterocycles. The van der Waals surface area contributed by atoms with Gasteiger partial charge in [0.05, 0.1) is 0 Å². The van der Waals surface area contributed by atoms with Crippen molar-refractivity contribution in [3.63, 3.8) is 0 Å². The van der Waals surface area contributed by atoms with Crippen molar-refractivity contribution in [3.05, 3.63) is 59.4 Å². The number of carboxylic acids is 1. The molecule has 2 aromatic rings. The van der Waals surface area contributed by atoms with Crippen LogP contribution in [0.1, 0.15) is 30.1 Å². The molecule has 184 valence electrons. The van der Waals surface area contributed by atoms with Crippen molar-refractivity contribution < 1.29 is 33.0 Å². The number of halogens is 3. The third-order valence-electron chi connectivity index (χ3n) is 5.09. The van der Waals surface area contributed by atoms with E-state index in [2.05, 4.69) is 15.5 Å². The molecule has 0 saturated carbocycles. The average molecular weight is 498 g/mol. The number of thiocarbonyl (C=S) groups is 1. The van der Waals surface area contributed by atoms with E-state index in [9.17, 15) is 22.8 Å². The number of carbonyl (C=O) groups is 2. The fraction of sp³-hybridized carbons (Fsp3) is 0.348. The van der Waals surface area contributed by atoms with Gasteiger partial charge in [0.2, 0.25) is 0 Å². The Morgan fingerprint density at radius 3 is 2.12 bits per heavy atom. The van der Waals surface area contributed by atoms with Gasteiger partial charge in [0, 0.05) is 35.0 Å². The molecule has 1 atom stereocenters. The lowest BCUT2D eigenvalue weighted by molar-refractivity contribution is -0.145. The van der Waals surface area contributed by atoms with Crippen LogP contribution in [0.15, 0.2) is 36.4 Å². The Hall–Kier alpha value is -3.02. The van der Waals surface area contributed by atoms with E-state index in [-0.39, 0.29) is 22.5 Å². The van der Waals surface area contributed by atoms with E-state index in [1.165, 1.54) is 6.92 Å². The zero-order valence-electron chi connectivity index (χ0n) is 18.6. The smallest absolute Gasteiger partial charge is 0.332 e. The number of Topliss-reactive ketones (excluding diaryl/α,β-unsaturated/α-hetero) is 1. The van der Waals surface area contributed by atoms with Crippen molar-refractivity contribution in [3.8, 4) is 0 Å². The van der Waals surface area contributed by atoms with Crippen LogP contribution in [0.5, 0.6) is 0 Å². The highest BCUT2D eigenvalue weighted by Gasteiger charge is 2.24. The SMILES string of the molecule is CC(O)C(=O)O.CN1CCC(C(=O)c2cccc(NC(=S)Nc3cc(F)c(F)c(F)c3)c2)CC1. The summed E-state index contributed by atoms with van der Waals surface area (Å²) in [7, 11) is 2.04. The number of anilines is 2. The Morgan fingerprint density at radius 2 is 1.59 bits per heavy atom. The van der Waals surface area contributed by atoms with Gasteiger partial charge in [-0.2, -0.15) is 0 Å². The lowest BCUT2D eigenvalue weighted by atomic mass is 9.89. The normalized spacial score (nSPS) is 15.0. The minimum Gasteiger partial charge on any atom is -0.479 e. The number of carbonyl (C=O) groups excluding carboxylic acids is 1. The molecule has 1 unspecified atom stereocenters. The van der Waals surface area contributed by atoms with Crippen LogP contribution in [0.3, 0.4) is 0 Å². The summed E-state index contributed by atoms with van der Waals surface area (Å²) in [6.07, 6.45) is 0.425. The number of benzene rings is 2. The number of aliphatic carboxylic acids is 1. The predicted octanol–water partition coefficient (Wildman–Crippen LogP) is 3.89. The summed E-state index contributed by atoms with van der Waals surface area (Å²) in [6.45, 7) is 2.99. The van der Waals surface area contributed by atoms with E-state index in [0.717, 1.165) is 38.1 Å². The summed E-state index contributed by atoms with van der Waals surface area (Å²) in [5.41, 5.74) is 1.13. The molecule has 0 spiro atoms. The largest absolute Gasteiger partial charge is 0.479 e. The number of piperidine rings is 1. The molecule has 1 heterocycles. The van der Waals surface area contributed by atoms with Gasteiger partial charge in [0.1, 0.15) is 6.10 Å². The van der Waals surface area contributed by atoms with Crippen molar-refractivity contribution in [1.29, 1.82) is 0 Å². The molecule has 11 heteroatoms. The highest BCUT2D eigenvalue weighted by Crippen LogP contribution is 2.23. The summed E-state index contributed by atoms with van der Waals surface area (Å²) >= 11 is 5.13. The summed E-state index contributed by atoms with van der Waals surface area (Å²) in [5.74, 6) is -5.24.